The smallest absolute Gasteiger partial charge is 0.191 e. The molecule has 1 atom stereocenters. The van der Waals surface area contributed by atoms with Gasteiger partial charge in [-0.05, 0) is 42.7 Å². The van der Waals surface area contributed by atoms with Gasteiger partial charge in [-0.25, -0.2) is 0 Å². The normalized spacial score (nSPS) is 16.5. The highest BCUT2D eigenvalue weighted by Crippen LogP contribution is 2.23. The Morgan fingerprint density at radius 2 is 1.94 bits per heavy atom. The number of nitrogens with zero attached hydrogens (tertiary/aromatic N) is 2. The summed E-state index contributed by atoms with van der Waals surface area (Å²) >= 11 is 6.14. The molecule has 1 fully saturated rings. The lowest BCUT2D eigenvalue weighted by Crippen LogP contribution is -2.44. The van der Waals surface area contributed by atoms with Gasteiger partial charge in [-0.3, -0.25) is 4.99 Å². The van der Waals surface area contributed by atoms with Crippen LogP contribution in [0.1, 0.15) is 24.5 Å². The summed E-state index contributed by atoms with van der Waals surface area (Å²) in [6, 6.07) is 16.8. The average molecular weight is 445 g/mol. The van der Waals surface area contributed by atoms with Crippen LogP contribution < -0.4 is 15.5 Å². The molecule has 6 nitrogen and oxygen atoms in total. The lowest BCUT2D eigenvalue weighted by molar-refractivity contribution is 0.0453. The highest BCUT2D eigenvalue weighted by atomic mass is 35.5. The van der Waals surface area contributed by atoms with Gasteiger partial charge in [0.2, 0.25) is 0 Å². The van der Waals surface area contributed by atoms with Crippen molar-refractivity contribution in [2.75, 3.05) is 44.9 Å². The maximum Gasteiger partial charge on any atom is 0.191 e. The number of benzene rings is 2. The van der Waals surface area contributed by atoms with Crippen LogP contribution in [0.2, 0.25) is 5.02 Å². The largest absolute Gasteiger partial charge is 0.379 e. The third kappa shape index (κ3) is 7.73. The molecule has 1 saturated heterocycles. The molecule has 1 heterocycles. The number of halogens is 1. The number of rotatable bonds is 10. The predicted molar refractivity (Wildman–Crippen MR) is 128 cm³/mol. The molecule has 0 saturated carbocycles. The molecule has 2 aromatic rings. The fourth-order valence-electron chi connectivity index (χ4n) is 3.64. The first-order valence-electron chi connectivity index (χ1n) is 10.9. The Labute approximate surface area is 190 Å². The van der Waals surface area contributed by atoms with Crippen LogP contribution in [0.25, 0.3) is 0 Å². The van der Waals surface area contributed by atoms with Crippen molar-refractivity contribution < 1.29 is 9.47 Å². The molecule has 3 rings (SSSR count). The van der Waals surface area contributed by atoms with Crippen LogP contribution >= 0.6 is 11.6 Å². The predicted octanol–water partition coefficient (Wildman–Crippen LogP) is 3.84. The molecule has 1 aliphatic rings. The molecule has 2 aromatic carbocycles. The molecule has 7 heteroatoms. The van der Waals surface area contributed by atoms with Crippen LogP contribution in [-0.4, -0.2) is 52.0 Å². The van der Waals surface area contributed by atoms with Crippen molar-refractivity contribution in [2.24, 2.45) is 4.99 Å². The zero-order chi connectivity index (χ0) is 21.9. The third-order valence-electron chi connectivity index (χ3n) is 5.22. The molecule has 2 N–H and O–H groups in total. The Hall–Kier alpha value is -2.28. The van der Waals surface area contributed by atoms with E-state index in [1.807, 2.05) is 32.2 Å². The van der Waals surface area contributed by atoms with E-state index in [2.05, 4.69) is 50.9 Å². The number of ether oxygens (including phenoxy) is 2. The molecule has 0 aliphatic carbocycles. The van der Waals surface area contributed by atoms with E-state index in [-0.39, 0.29) is 0 Å². The highest BCUT2D eigenvalue weighted by Gasteiger charge is 2.23. The Morgan fingerprint density at radius 3 is 2.74 bits per heavy atom. The second-order valence-corrected chi connectivity index (χ2v) is 7.99. The van der Waals surface area contributed by atoms with Crippen molar-refractivity contribution in [3.8, 4) is 0 Å². The van der Waals surface area contributed by atoms with Gasteiger partial charge in [-0.15, -0.1) is 0 Å². The second kappa shape index (κ2) is 12.5. The lowest BCUT2D eigenvalue weighted by atomic mass is 10.1. The average Bonchev–Trinajstić information content (AvgIpc) is 3.25. The number of hydrogen-bond donors (Lipinski definition) is 2. The lowest BCUT2D eigenvalue weighted by Gasteiger charge is -2.20. The zero-order valence-corrected chi connectivity index (χ0v) is 19.2. The van der Waals surface area contributed by atoms with E-state index >= 15 is 0 Å². The van der Waals surface area contributed by atoms with Crippen LogP contribution in [-0.2, 0) is 22.6 Å². The monoisotopic (exact) mass is 444 g/mol. The summed E-state index contributed by atoms with van der Waals surface area (Å²) in [5.74, 6) is 0.816. The van der Waals surface area contributed by atoms with E-state index in [0.717, 1.165) is 42.7 Å². The maximum absolute atomic E-state index is 6.14. The quantitative estimate of drug-likeness (QED) is 0.331. The van der Waals surface area contributed by atoms with Crippen LogP contribution in [0.3, 0.4) is 0 Å². The van der Waals surface area contributed by atoms with E-state index in [1.165, 1.54) is 11.3 Å². The number of aliphatic imine (C=N–C) groups is 1. The molecule has 1 unspecified atom stereocenters. The van der Waals surface area contributed by atoms with Crippen molar-refractivity contribution in [1.82, 2.24) is 10.6 Å². The van der Waals surface area contributed by atoms with E-state index < -0.39 is 0 Å². The molecule has 1 aliphatic heterocycles. The minimum atomic E-state index is 0.343. The first kappa shape index (κ1) is 23.4. The number of anilines is 1. The topological polar surface area (TPSA) is 58.1 Å². The SMILES string of the molecule is CCOCCOCc1cccc(CNC(=NC)NC2CCN(c3cccc(Cl)c3)C2)c1. The van der Waals surface area contributed by atoms with Gasteiger partial charge in [-0.2, -0.15) is 0 Å². The highest BCUT2D eigenvalue weighted by molar-refractivity contribution is 6.30. The van der Waals surface area contributed by atoms with Gasteiger partial charge in [0.1, 0.15) is 0 Å². The first-order chi connectivity index (χ1) is 15.2. The summed E-state index contributed by atoms with van der Waals surface area (Å²) in [5.41, 5.74) is 3.52. The van der Waals surface area contributed by atoms with Gasteiger partial charge >= 0.3 is 0 Å². The van der Waals surface area contributed by atoms with Gasteiger partial charge < -0.3 is 25.0 Å². The molecule has 0 amide bonds. The molecule has 0 radical (unpaired) electrons. The Morgan fingerprint density at radius 1 is 1.13 bits per heavy atom. The fraction of sp³-hybridized carbons (Fsp3) is 0.458. The van der Waals surface area contributed by atoms with Crippen molar-refractivity contribution in [3.05, 3.63) is 64.7 Å². The van der Waals surface area contributed by atoms with Crippen LogP contribution in [0.5, 0.6) is 0 Å². The number of nitrogens with one attached hydrogen (secondary N) is 2. The van der Waals surface area contributed by atoms with Crippen molar-refractivity contribution in [2.45, 2.75) is 32.5 Å². The Kier molecular flexibility index (Phi) is 9.46. The van der Waals surface area contributed by atoms with Gasteiger partial charge in [0, 0.05) is 50.0 Å². The van der Waals surface area contributed by atoms with Crippen molar-refractivity contribution in [3.63, 3.8) is 0 Å². The second-order valence-electron chi connectivity index (χ2n) is 7.55. The Balaban J connectivity index is 1.44. The Bertz CT molecular complexity index is 846. The summed E-state index contributed by atoms with van der Waals surface area (Å²) in [7, 11) is 1.81. The molecule has 0 bridgehead atoms. The van der Waals surface area contributed by atoms with Crippen LogP contribution in [0.15, 0.2) is 53.5 Å². The number of guanidine groups is 1. The summed E-state index contributed by atoms with van der Waals surface area (Å²) in [6.07, 6.45) is 1.06. The van der Waals surface area contributed by atoms with Gasteiger partial charge in [0.05, 0.1) is 19.8 Å². The van der Waals surface area contributed by atoms with Crippen LogP contribution in [0.4, 0.5) is 5.69 Å². The number of hydrogen-bond acceptors (Lipinski definition) is 4. The zero-order valence-electron chi connectivity index (χ0n) is 18.4. The molecular formula is C24H33ClN4O2. The first-order valence-corrected chi connectivity index (χ1v) is 11.3. The minimum Gasteiger partial charge on any atom is -0.379 e. The van der Waals surface area contributed by atoms with Gasteiger partial charge in [0.25, 0.3) is 0 Å². The molecule has 0 aromatic heterocycles. The summed E-state index contributed by atoms with van der Waals surface area (Å²) in [5, 5.41) is 7.74. The minimum absolute atomic E-state index is 0.343. The van der Waals surface area contributed by atoms with E-state index in [0.29, 0.717) is 32.4 Å². The van der Waals surface area contributed by atoms with E-state index in [9.17, 15) is 0 Å². The summed E-state index contributed by atoms with van der Waals surface area (Å²) in [6.45, 7) is 7.18. The van der Waals surface area contributed by atoms with Crippen molar-refractivity contribution >= 4 is 23.2 Å². The molecule has 168 valence electrons. The van der Waals surface area contributed by atoms with E-state index in [4.69, 9.17) is 21.1 Å². The fourth-order valence-corrected chi connectivity index (χ4v) is 3.83. The molecular weight excluding hydrogens is 412 g/mol. The van der Waals surface area contributed by atoms with Crippen molar-refractivity contribution in [1.29, 1.82) is 0 Å². The molecule has 0 spiro atoms. The maximum atomic E-state index is 6.14. The standard InChI is InChI=1S/C24H33ClN4O2/c1-3-30-12-13-31-18-20-7-4-6-19(14-20)16-27-24(26-2)28-22-10-11-29(17-22)23-9-5-8-21(25)15-23/h4-9,14-15,22H,3,10-13,16-18H2,1-2H3,(H2,26,27,28). The van der Waals surface area contributed by atoms with Crippen LogP contribution in [0, 0.1) is 0 Å². The van der Waals surface area contributed by atoms with E-state index in [1.54, 1.807) is 0 Å². The van der Waals surface area contributed by atoms with Gasteiger partial charge in [-0.1, -0.05) is 41.9 Å². The third-order valence-corrected chi connectivity index (χ3v) is 5.46. The molecule has 31 heavy (non-hydrogen) atoms. The van der Waals surface area contributed by atoms with Gasteiger partial charge in [0.15, 0.2) is 5.96 Å². The summed E-state index contributed by atoms with van der Waals surface area (Å²) < 4.78 is 11.0. The summed E-state index contributed by atoms with van der Waals surface area (Å²) in [4.78, 5) is 6.75.